The highest BCUT2D eigenvalue weighted by Gasteiger charge is 2.30. The molecule has 2 aromatic heterocycles. The molecule has 0 aromatic carbocycles. The highest BCUT2D eigenvalue weighted by molar-refractivity contribution is 5.93. The average molecular weight is 342 g/mol. The predicted octanol–water partition coefficient (Wildman–Crippen LogP) is 2.55. The van der Waals surface area contributed by atoms with Crippen molar-refractivity contribution in [2.45, 2.75) is 39.2 Å². The normalized spacial score (nSPS) is 16.1. The number of rotatable bonds is 6. The quantitative estimate of drug-likeness (QED) is 0.807. The van der Waals surface area contributed by atoms with Crippen LogP contribution >= 0.6 is 0 Å². The first kappa shape index (κ1) is 17.6. The molecule has 1 aliphatic rings. The van der Waals surface area contributed by atoms with Crippen molar-refractivity contribution in [1.82, 2.24) is 19.8 Å². The third-order valence-electron chi connectivity index (χ3n) is 4.99. The summed E-state index contributed by atoms with van der Waals surface area (Å²) in [5, 5.41) is 0. The number of pyridine rings is 1. The van der Waals surface area contributed by atoms with Crippen LogP contribution in [0.3, 0.4) is 0 Å². The van der Waals surface area contributed by atoms with E-state index in [-0.39, 0.29) is 11.9 Å². The van der Waals surface area contributed by atoms with Crippen molar-refractivity contribution in [1.29, 1.82) is 0 Å². The Bertz CT molecular complexity index is 678. The Morgan fingerprint density at radius 2 is 2.12 bits per heavy atom. The number of hydrogen-bond acceptors (Lipinski definition) is 5. The van der Waals surface area contributed by atoms with E-state index in [9.17, 15) is 4.79 Å². The van der Waals surface area contributed by atoms with E-state index in [0.717, 1.165) is 44.6 Å². The highest BCUT2D eigenvalue weighted by atomic mass is 16.3. The molecule has 1 fully saturated rings. The van der Waals surface area contributed by atoms with Crippen molar-refractivity contribution in [3.05, 3.63) is 47.9 Å². The number of hydrogen-bond donors (Lipinski definition) is 0. The van der Waals surface area contributed by atoms with Gasteiger partial charge in [0, 0.05) is 44.0 Å². The van der Waals surface area contributed by atoms with Gasteiger partial charge in [-0.15, -0.1) is 0 Å². The summed E-state index contributed by atoms with van der Waals surface area (Å²) in [6.07, 6.45) is 5.89. The molecule has 134 valence electrons. The first-order chi connectivity index (χ1) is 12.2. The summed E-state index contributed by atoms with van der Waals surface area (Å²) in [4.78, 5) is 26.0. The van der Waals surface area contributed by atoms with Gasteiger partial charge in [0.05, 0.1) is 0 Å². The minimum absolute atomic E-state index is 0.0304. The lowest BCUT2D eigenvalue weighted by atomic mass is 10.0. The number of aryl methyl sites for hydroxylation is 1. The van der Waals surface area contributed by atoms with Crippen LogP contribution in [0.1, 0.15) is 41.7 Å². The van der Waals surface area contributed by atoms with Gasteiger partial charge in [-0.25, -0.2) is 4.98 Å². The number of oxazole rings is 1. The van der Waals surface area contributed by atoms with Crippen LogP contribution < -0.4 is 0 Å². The fourth-order valence-corrected chi connectivity index (χ4v) is 3.42. The summed E-state index contributed by atoms with van der Waals surface area (Å²) in [7, 11) is 0. The maximum Gasteiger partial charge on any atom is 0.276 e. The number of likely N-dealkylation sites (tertiary alicyclic amines) is 1. The first-order valence-electron chi connectivity index (χ1n) is 9.02. The zero-order chi connectivity index (χ0) is 17.6. The number of piperidine rings is 1. The Hall–Kier alpha value is -2.21. The molecular weight excluding hydrogens is 316 g/mol. The summed E-state index contributed by atoms with van der Waals surface area (Å²) in [6, 6.07) is 6.14. The summed E-state index contributed by atoms with van der Waals surface area (Å²) in [5.41, 5.74) is 1.43. The molecule has 1 aliphatic heterocycles. The molecule has 0 atom stereocenters. The maximum absolute atomic E-state index is 13.1. The van der Waals surface area contributed by atoms with E-state index >= 15 is 0 Å². The molecule has 0 N–H and O–H groups in total. The van der Waals surface area contributed by atoms with E-state index < -0.39 is 0 Å². The van der Waals surface area contributed by atoms with Crippen LogP contribution in [-0.2, 0) is 6.42 Å². The van der Waals surface area contributed by atoms with Gasteiger partial charge < -0.3 is 14.2 Å². The fraction of sp³-hybridized carbons (Fsp3) is 0.526. The monoisotopic (exact) mass is 342 g/mol. The molecule has 3 heterocycles. The van der Waals surface area contributed by atoms with E-state index in [2.05, 4.69) is 21.8 Å². The number of amides is 1. The van der Waals surface area contributed by atoms with Crippen LogP contribution in [0.4, 0.5) is 0 Å². The molecule has 0 spiro atoms. The average Bonchev–Trinajstić information content (AvgIpc) is 3.09. The first-order valence-corrected chi connectivity index (χ1v) is 9.02. The molecule has 25 heavy (non-hydrogen) atoms. The lowest BCUT2D eigenvalue weighted by Gasteiger charge is -2.38. The standard InChI is InChI=1S/C19H26N4O2/c1-3-22-11-8-17(9-12-22)23(13-7-16-6-4-5-10-20-16)19(24)18-15(2)25-14-21-18/h4-6,10,14,17H,3,7-9,11-13H2,1-2H3. The van der Waals surface area contributed by atoms with Crippen molar-refractivity contribution < 1.29 is 9.21 Å². The van der Waals surface area contributed by atoms with Crippen LogP contribution in [0.2, 0.25) is 0 Å². The molecule has 1 amide bonds. The third-order valence-corrected chi connectivity index (χ3v) is 4.99. The van der Waals surface area contributed by atoms with Crippen LogP contribution in [-0.4, -0.2) is 57.9 Å². The van der Waals surface area contributed by atoms with E-state index in [4.69, 9.17) is 4.42 Å². The molecule has 0 aliphatic carbocycles. The molecule has 6 heteroatoms. The van der Waals surface area contributed by atoms with Gasteiger partial charge in [-0.05, 0) is 38.4 Å². The zero-order valence-electron chi connectivity index (χ0n) is 15.0. The number of nitrogens with zero attached hydrogens (tertiary/aromatic N) is 4. The molecule has 3 rings (SSSR count). The number of carbonyl (C=O) groups excluding carboxylic acids is 1. The molecule has 6 nitrogen and oxygen atoms in total. The largest absolute Gasteiger partial charge is 0.448 e. The van der Waals surface area contributed by atoms with Gasteiger partial charge in [0.25, 0.3) is 5.91 Å². The number of carbonyl (C=O) groups is 1. The van der Waals surface area contributed by atoms with E-state index in [1.165, 1.54) is 6.39 Å². The van der Waals surface area contributed by atoms with Gasteiger partial charge in [0.2, 0.25) is 0 Å². The third kappa shape index (κ3) is 4.25. The van der Waals surface area contributed by atoms with Crippen molar-refractivity contribution in [3.8, 4) is 0 Å². The maximum atomic E-state index is 13.1. The van der Waals surface area contributed by atoms with Gasteiger partial charge in [0.1, 0.15) is 5.76 Å². The van der Waals surface area contributed by atoms with Crippen LogP contribution in [0.25, 0.3) is 0 Å². The summed E-state index contributed by atoms with van der Waals surface area (Å²) in [5.74, 6) is 0.552. The lowest BCUT2D eigenvalue weighted by Crippen LogP contribution is -2.48. The second-order valence-electron chi connectivity index (χ2n) is 6.49. The molecule has 0 radical (unpaired) electrons. The van der Waals surface area contributed by atoms with Gasteiger partial charge in [-0.3, -0.25) is 9.78 Å². The molecule has 0 unspecified atom stereocenters. The smallest absolute Gasteiger partial charge is 0.276 e. The van der Waals surface area contributed by atoms with Crippen LogP contribution in [0, 0.1) is 6.92 Å². The minimum Gasteiger partial charge on any atom is -0.448 e. The Labute approximate surface area is 148 Å². The SMILES string of the molecule is CCN1CCC(N(CCc2ccccn2)C(=O)c2ncoc2C)CC1. The van der Waals surface area contributed by atoms with Crippen molar-refractivity contribution in [2.75, 3.05) is 26.2 Å². The second kappa shape index (κ2) is 8.25. The molecular formula is C19H26N4O2. The summed E-state index contributed by atoms with van der Waals surface area (Å²) < 4.78 is 5.24. The second-order valence-corrected chi connectivity index (χ2v) is 6.49. The fourth-order valence-electron chi connectivity index (χ4n) is 3.42. The lowest BCUT2D eigenvalue weighted by molar-refractivity contribution is 0.0572. The van der Waals surface area contributed by atoms with Crippen molar-refractivity contribution >= 4 is 5.91 Å². The number of aromatic nitrogens is 2. The van der Waals surface area contributed by atoms with Gasteiger partial charge in [-0.1, -0.05) is 13.0 Å². The molecule has 0 bridgehead atoms. The Morgan fingerprint density at radius 1 is 1.32 bits per heavy atom. The van der Waals surface area contributed by atoms with E-state index in [1.54, 1.807) is 13.1 Å². The minimum atomic E-state index is -0.0304. The van der Waals surface area contributed by atoms with Crippen molar-refractivity contribution in [2.24, 2.45) is 0 Å². The van der Waals surface area contributed by atoms with Gasteiger partial charge >= 0.3 is 0 Å². The summed E-state index contributed by atoms with van der Waals surface area (Å²) >= 11 is 0. The van der Waals surface area contributed by atoms with Crippen LogP contribution in [0.15, 0.2) is 35.2 Å². The molecule has 0 saturated carbocycles. The Kier molecular flexibility index (Phi) is 5.81. The van der Waals surface area contributed by atoms with E-state index in [0.29, 0.717) is 18.0 Å². The topological polar surface area (TPSA) is 62.5 Å². The Morgan fingerprint density at radius 3 is 2.72 bits per heavy atom. The Balaban J connectivity index is 1.74. The van der Waals surface area contributed by atoms with Gasteiger partial charge in [-0.2, -0.15) is 0 Å². The molecule has 2 aromatic rings. The summed E-state index contributed by atoms with van der Waals surface area (Å²) in [6.45, 7) is 7.76. The zero-order valence-corrected chi connectivity index (χ0v) is 15.0. The highest BCUT2D eigenvalue weighted by Crippen LogP contribution is 2.20. The predicted molar refractivity (Wildman–Crippen MR) is 95.4 cm³/mol. The van der Waals surface area contributed by atoms with Crippen molar-refractivity contribution in [3.63, 3.8) is 0 Å². The van der Waals surface area contributed by atoms with E-state index in [1.807, 2.05) is 23.1 Å². The van der Waals surface area contributed by atoms with Gasteiger partial charge in [0.15, 0.2) is 12.1 Å². The molecule has 1 saturated heterocycles. The van der Waals surface area contributed by atoms with Crippen LogP contribution in [0.5, 0.6) is 0 Å².